The molecule has 0 spiro atoms. The SMILES string of the molecule is Cc1cnn(C[C@@H]2CCCN2Cc2nccn2CC(F)(F)F)c1. The van der Waals surface area contributed by atoms with E-state index in [2.05, 4.69) is 15.0 Å². The largest absolute Gasteiger partial charge is 0.406 e. The van der Waals surface area contributed by atoms with E-state index in [9.17, 15) is 13.2 Å². The first-order chi connectivity index (χ1) is 10.9. The summed E-state index contributed by atoms with van der Waals surface area (Å²) in [5, 5.41) is 4.30. The molecule has 1 atom stereocenters. The van der Waals surface area contributed by atoms with Crippen LogP contribution in [-0.2, 0) is 19.6 Å². The van der Waals surface area contributed by atoms with Crippen molar-refractivity contribution in [2.75, 3.05) is 6.54 Å². The molecule has 3 heterocycles. The maximum Gasteiger partial charge on any atom is 0.406 e. The molecule has 5 nitrogen and oxygen atoms in total. The van der Waals surface area contributed by atoms with Crippen molar-refractivity contribution in [2.24, 2.45) is 0 Å². The minimum atomic E-state index is -4.23. The van der Waals surface area contributed by atoms with Gasteiger partial charge < -0.3 is 4.57 Å². The second-order valence-corrected chi connectivity index (χ2v) is 6.09. The van der Waals surface area contributed by atoms with Crippen LogP contribution < -0.4 is 0 Å². The van der Waals surface area contributed by atoms with E-state index >= 15 is 0 Å². The summed E-state index contributed by atoms with van der Waals surface area (Å²) in [5.41, 5.74) is 1.11. The normalized spacial score (nSPS) is 19.6. The first-order valence-corrected chi connectivity index (χ1v) is 7.70. The molecule has 0 N–H and O–H groups in total. The Morgan fingerprint density at radius 1 is 1.35 bits per heavy atom. The molecular formula is C15H20F3N5. The molecule has 1 aliphatic heterocycles. The number of hydrogen-bond acceptors (Lipinski definition) is 3. The van der Waals surface area contributed by atoms with Gasteiger partial charge in [-0.2, -0.15) is 18.3 Å². The van der Waals surface area contributed by atoms with Crippen molar-refractivity contribution in [3.05, 3.63) is 36.2 Å². The van der Waals surface area contributed by atoms with Crippen LogP contribution in [-0.4, -0.2) is 43.0 Å². The number of nitrogens with zero attached hydrogens (tertiary/aromatic N) is 5. The Hall–Kier alpha value is -1.83. The van der Waals surface area contributed by atoms with Crippen LogP contribution >= 0.6 is 0 Å². The molecular weight excluding hydrogens is 307 g/mol. The van der Waals surface area contributed by atoms with Crippen LogP contribution in [0.1, 0.15) is 24.2 Å². The summed E-state index contributed by atoms with van der Waals surface area (Å²) >= 11 is 0. The highest BCUT2D eigenvalue weighted by Gasteiger charge is 2.30. The molecule has 0 radical (unpaired) electrons. The Kier molecular flexibility index (Phi) is 4.43. The summed E-state index contributed by atoms with van der Waals surface area (Å²) in [6.07, 6.45) is 4.47. The van der Waals surface area contributed by atoms with E-state index in [-0.39, 0.29) is 6.04 Å². The molecule has 0 amide bonds. The molecule has 1 saturated heterocycles. The fraction of sp³-hybridized carbons (Fsp3) is 0.600. The van der Waals surface area contributed by atoms with Crippen molar-refractivity contribution >= 4 is 0 Å². The molecule has 23 heavy (non-hydrogen) atoms. The first kappa shape index (κ1) is 16.0. The number of rotatable bonds is 5. The zero-order valence-corrected chi connectivity index (χ0v) is 13.0. The van der Waals surface area contributed by atoms with E-state index in [1.54, 1.807) is 0 Å². The van der Waals surface area contributed by atoms with Gasteiger partial charge in [0.05, 0.1) is 19.3 Å². The van der Waals surface area contributed by atoms with Gasteiger partial charge in [-0.05, 0) is 31.9 Å². The predicted molar refractivity (Wildman–Crippen MR) is 78.7 cm³/mol. The maximum absolute atomic E-state index is 12.6. The third-order valence-electron chi connectivity index (χ3n) is 4.16. The van der Waals surface area contributed by atoms with Crippen LogP contribution in [0.4, 0.5) is 13.2 Å². The molecule has 0 bridgehead atoms. The average molecular weight is 327 g/mol. The van der Waals surface area contributed by atoms with Gasteiger partial charge in [0, 0.05) is 24.6 Å². The Labute approximate surface area is 132 Å². The third-order valence-corrected chi connectivity index (χ3v) is 4.16. The number of hydrogen-bond donors (Lipinski definition) is 0. The molecule has 1 aliphatic rings. The first-order valence-electron chi connectivity index (χ1n) is 7.70. The van der Waals surface area contributed by atoms with Gasteiger partial charge in [0.2, 0.25) is 0 Å². The second-order valence-electron chi connectivity index (χ2n) is 6.09. The Morgan fingerprint density at radius 2 is 2.17 bits per heavy atom. The van der Waals surface area contributed by atoms with Crippen LogP contribution in [0.5, 0.6) is 0 Å². The van der Waals surface area contributed by atoms with E-state index in [0.29, 0.717) is 12.4 Å². The number of likely N-dealkylation sites (tertiary alicyclic amines) is 1. The fourth-order valence-electron chi connectivity index (χ4n) is 3.10. The summed E-state index contributed by atoms with van der Waals surface area (Å²) in [5.74, 6) is 0.464. The number of aromatic nitrogens is 4. The number of imidazole rings is 1. The number of halogens is 3. The highest BCUT2D eigenvalue weighted by atomic mass is 19.4. The van der Waals surface area contributed by atoms with E-state index < -0.39 is 12.7 Å². The van der Waals surface area contributed by atoms with Crippen molar-refractivity contribution in [1.82, 2.24) is 24.2 Å². The summed E-state index contributed by atoms with van der Waals surface area (Å²) in [4.78, 5) is 6.31. The topological polar surface area (TPSA) is 38.9 Å². The minimum absolute atomic E-state index is 0.283. The van der Waals surface area contributed by atoms with Gasteiger partial charge in [-0.15, -0.1) is 0 Å². The molecule has 0 aliphatic carbocycles. The lowest BCUT2D eigenvalue weighted by atomic mass is 10.2. The lowest BCUT2D eigenvalue weighted by Gasteiger charge is -2.24. The van der Waals surface area contributed by atoms with E-state index in [4.69, 9.17) is 0 Å². The van der Waals surface area contributed by atoms with Crippen LogP contribution in [0.2, 0.25) is 0 Å². The second kappa shape index (κ2) is 6.35. The molecule has 8 heteroatoms. The highest BCUT2D eigenvalue weighted by molar-refractivity contribution is 5.00. The molecule has 2 aromatic heterocycles. The Bertz CT molecular complexity index is 646. The molecule has 2 aromatic rings. The van der Waals surface area contributed by atoms with Crippen LogP contribution in [0, 0.1) is 6.92 Å². The standard InChI is InChI=1S/C15H20F3N5/c1-12-7-20-23(8-12)9-13-3-2-5-21(13)10-14-19-4-6-22(14)11-15(16,17)18/h4,6-8,13H,2-3,5,9-11H2,1H3/t13-/m0/s1. The third kappa shape index (κ3) is 4.13. The fourth-order valence-corrected chi connectivity index (χ4v) is 3.10. The average Bonchev–Trinajstić information content (AvgIpc) is 3.14. The monoisotopic (exact) mass is 327 g/mol. The van der Waals surface area contributed by atoms with Gasteiger partial charge >= 0.3 is 6.18 Å². The van der Waals surface area contributed by atoms with Crippen molar-refractivity contribution in [1.29, 1.82) is 0 Å². The summed E-state index contributed by atoms with van der Waals surface area (Å²) in [6.45, 7) is 3.08. The van der Waals surface area contributed by atoms with Gasteiger partial charge in [0.15, 0.2) is 0 Å². The van der Waals surface area contributed by atoms with Crippen molar-refractivity contribution in [3.8, 4) is 0 Å². The van der Waals surface area contributed by atoms with E-state index in [1.807, 2.05) is 24.0 Å². The Morgan fingerprint density at radius 3 is 2.87 bits per heavy atom. The molecule has 3 rings (SSSR count). The van der Waals surface area contributed by atoms with Crippen molar-refractivity contribution in [3.63, 3.8) is 0 Å². The summed E-state index contributed by atoms with van der Waals surface area (Å²) in [6, 6.07) is 0.283. The van der Waals surface area contributed by atoms with Gasteiger partial charge in [0.25, 0.3) is 0 Å². The van der Waals surface area contributed by atoms with E-state index in [0.717, 1.165) is 31.5 Å². The van der Waals surface area contributed by atoms with Crippen LogP contribution in [0.15, 0.2) is 24.8 Å². The van der Waals surface area contributed by atoms with Crippen LogP contribution in [0.25, 0.3) is 0 Å². The van der Waals surface area contributed by atoms with Gasteiger partial charge in [-0.3, -0.25) is 9.58 Å². The molecule has 0 unspecified atom stereocenters. The zero-order valence-electron chi connectivity index (χ0n) is 13.0. The van der Waals surface area contributed by atoms with Crippen molar-refractivity contribution < 1.29 is 13.2 Å². The van der Waals surface area contributed by atoms with Gasteiger partial charge in [0.1, 0.15) is 12.4 Å². The Balaban J connectivity index is 1.66. The molecule has 1 fully saturated rings. The summed E-state index contributed by atoms with van der Waals surface area (Å²) in [7, 11) is 0. The highest BCUT2D eigenvalue weighted by Crippen LogP contribution is 2.23. The van der Waals surface area contributed by atoms with Crippen LogP contribution in [0.3, 0.4) is 0 Å². The minimum Gasteiger partial charge on any atom is -0.325 e. The zero-order chi connectivity index (χ0) is 16.4. The predicted octanol–water partition coefficient (Wildman–Crippen LogP) is 2.61. The van der Waals surface area contributed by atoms with Gasteiger partial charge in [-0.25, -0.2) is 4.98 Å². The van der Waals surface area contributed by atoms with Crippen molar-refractivity contribution in [2.45, 2.75) is 51.6 Å². The quantitative estimate of drug-likeness (QED) is 0.847. The van der Waals surface area contributed by atoms with Gasteiger partial charge in [-0.1, -0.05) is 0 Å². The lowest BCUT2D eigenvalue weighted by molar-refractivity contribution is -0.141. The molecule has 0 saturated carbocycles. The number of aryl methyl sites for hydroxylation is 1. The smallest absolute Gasteiger partial charge is 0.325 e. The lowest BCUT2D eigenvalue weighted by Crippen LogP contribution is -2.34. The molecule has 0 aromatic carbocycles. The number of alkyl halides is 3. The summed E-state index contributed by atoms with van der Waals surface area (Å²) < 4.78 is 40.9. The van der Waals surface area contributed by atoms with E-state index in [1.165, 1.54) is 17.0 Å². The maximum atomic E-state index is 12.6. The molecule has 126 valence electrons.